The lowest BCUT2D eigenvalue weighted by Crippen LogP contribution is -2.34. The number of amides is 2. The highest BCUT2D eigenvalue weighted by Crippen LogP contribution is 2.32. The third-order valence-electron chi connectivity index (χ3n) is 5.32. The number of hydrogen-bond donors (Lipinski definition) is 0. The van der Waals surface area contributed by atoms with Gasteiger partial charge in [0.25, 0.3) is 11.1 Å². The van der Waals surface area contributed by atoms with E-state index in [2.05, 4.69) is 24.3 Å². The number of unbranched alkanes of at least 4 members (excludes halogenated alkanes) is 1. The van der Waals surface area contributed by atoms with Crippen LogP contribution in [0.2, 0.25) is 0 Å². The van der Waals surface area contributed by atoms with Gasteiger partial charge in [-0.2, -0.15) is 0 Å². The predicted octanol–water partition coefficient (Wildman–Crippen LogP) is 5.80. The molecule has 1 heterocycles. The SMILES string of the molecule is CCCCOC(=O)CN1C(=O)S/C(=C\c2ccc(OCc3ccc4ccccc4c3)cc2)C1=O. The average Bonchev–Trinajstić information content (AvgIpc) is 3.11. The standard InChI is InChI=1S/C27H25NO5S/c1-2-3-14-32-25(29)17-28-26(30)24(34-27(28)31)16-19-9-12-23(13-10-19)33-18-20-8-11-21-6-4-5-7-22(21)15-20/h4-13,15-16H,2-3,14,17-18H2,1H3/b24-16-. The Morgan fingerprint density at radius 1 is 1.00 bits per heavy atom. The molecule has 1 aliphatic rings. The number of imide groups is 1. The molecule has 0 N–H and O–H groups in total. The Morgan fingerprint density at radius 3 is 2.53 bits per heavy atom. The zero-order valence-electron chi connectivity index (χ0n) is 18.9. The molecule has 0 aliphatic carbocycles. The van der Waals surface area contributed by atoms with Crippen LogP contribution >= 0.6 is 11.8 Å². The number of fused-ring (bicyclic) bond motifs is 1. The molecule has 1 fully saturated rings. The average molecular weight is 476 g/mol. The fraction of sp³-hybridized carbons (Fsp3) is 0.222. The second-order valence-corrected chi connectivity index (χ2v) is 8.87. The Balaban J connectivity index is 1.34. The van der Waals surface area contributed by atoms with Gasteiger partial charge in [0.1, 0.15) is 18.9 Å². The first kappa shape index (κ1) is 23.6. The summed E-state index contributed by atoms with van der Waals surface area (Å²) >= 11 is 0.819. The van der Waals surface area contributed by atoms with Crippen molar-refractivity contribution in [3.8, 4) is 5.75 Å². The molecule has 0 radical (unpaired) electrons. The third-order valence-corrected chi connectivity index (χ3v) is 6.23. The van der Waals surface area contributed by atoms with Gasteiger partial charge in [0.15, 0.2) is 0 Å². The van der Waals surface area contributed by atoms with Crippen LogP contribution in [-0.4, -0.2) is 35.2 Å². The first-order valence-electron chi connectivity index (χ1n) is 11.1. The summed E-state index contributed by atoms with van der Waals surface area (Å²) in [5, 5.41) is 1.88. The van der Waals surface area contributed by atoms with Crippen molar-refractivity contribution in [1.82, 2.24) is 4.90 Å². The van der Waals surface area contributed by atoms with Crippen LogP contribution in [0.3, 0.4) is 0 Å². The van der Waals surface area contributed by atoms with E-state index in [-0.39, 0.29) is 18.1 Å². The Hall–Kier alpha value is -3.58. The number of carbonyl (C=O) groups excluding carboxylic acids is 3. The van der Waals surface area contributed by atoms with Gasteiger partial charge in [-0.1, -0.05) is 61.9 Å². The minimum atomic E-state index is -0.579. The van der Waals surface area contributed by atoms with E-state index < -0.39 is 17.1 Å². The van der Waals surface area contributed by atoms with Crippen LogP contribution < -0.4 is 4.74 Å². The quantitative estimate of drug-likeness (QED) is 0.221. The summed E-state index contributed by atoms with van der Waals surface area (Å²) in [7, 11) is 0. The molecule has 6 nitrogen and oxygen atoms in total. The molecule has 0 bridgehead atoms. The van der Waals surface area contributed by atoms with Crippen molar-refractivity contribution in [3.05, 3.63) is 82.8 Å². The van der Waals surface area contributed by atoms with E-state index in [1.807, 2.05) is 49.4 Å². The molecule has 1 aliphatic heterocycles. The molecule has 0 unspecified atom stereocenters. The predicted molar refractivity (Wildman–Crippen MR) is 133 cm³/mol. The smallest absolute Gasteiger partial charge is 0.326 e. The number of rotatable bonds is 9. The van der Waals surface area contributed by atoms with Crippen LogP contribution in [0.1, 0.15) is 30.9 Å². The molecular formula is C27H25NO5S. The molecule has 34 heavy (non-hydrogen) atoms. The van der Waals surface area contributed by atoms with Gasteiger partial charge in [-0.15, -0.1) is 0 Å². The zero-order valence-corrected chi connectivity index (χ0v) is 19.7. The summed E-state index contributed by atoms with van der Waals surface area (Å²) in [6.07, 6.45) is 3.28. The van der Waals surface area contributed by atoms with Gasteiger partial charge in [-0.3, -0.25) is 19.3 Å². The van der Waals surface area contributed by atoms with E-state index in [1.54, 1.807) is 6.08 Å². The third kappa shape index (κ3) is 5.85. The number of carbonyl (C=O) groups is 3. The van der Waals surface area contributed by atoms with Crippen molar-refractivity contribution in [2.75, 3.05) is 13.2 Å². The maximum absolute atomic E-state index is 12.6. The van der Waals surface area contributed by atoms with Crippen molar-refractivity contribution in [3.63, 3.8) is 0 Å². The van der Waals surface area contributed by atoms with Crippen LogP contribution in [0.5, 0.6) is 5.75 Å². The Kier molecular flexibility index (Phi) is 7.65. The van der Waals surface area contributed by atoms with Crippen LogP contribution in [0.4, 0.5) is 4.79 Å². The summed E-state index contributed by atoms with van der Waals surface area (Å²) in [6.45, 7) is 2.35. The fourth-order valence-electron chi connectivity index (χ4n) is 3.45. The van der Waals surface area contributed by atoms with Crippen LogP contribution in [0.25, 0.3) is 16.8 Å². The highest BCUT2D eigenvalue weighted by Gasteiger charge is 2.36. The number of esters is 1. The van der Waals surface area contributed by atoms with Gasteiger partial charge >= 0.3 is 5.97 Å². The maximum Gasteiger partial charge on any atom is 0.326 e. The van der Waals surface area contributed by atoms with E-state index in [0.717, 1.165) is 40.6 Å². The Labute approximate surface area is 202 Å². The molecule has 3 aromatic carbocycles. The lowest BCUT2D eigenvalue weighted by atomic mass is 10.1. The van der Waals surface area contributed by atoms with Gasteiger partial charge in [-0.05, 0) is 64.4 Å². The van der Waals surface area contributed by atoms with Crippen molar-refractivity contribution in [2.45, 2.75) is 26.4 Å². The van der Waals surface area contributed by atoms with Crippen LogP contribution in [0, 0.1) is 0 Å². The van der Waals surface area contributed by atoms with E-state index in [1.165, 1.54) is 10.8 Å². The first-order valence-corrected chi connectivity index (χ1v) is 12.0. The molecule has 4 rings (SSSR count). The molecule has 3 aromatic rings. The van der Waals surface area contributed by atoms with Crippen LogP contribution in [0.15, 0.2) is 71.6 Å². The Morgan fingerprint density at radius 2 is 1.76 bits per heavy atom. The minimum absolute atomic E-state index is 0.274. The number of ether oxygens (including phenoxy) is 2. The monoisotopic (exact) mass is 475 g/mol. The summed E-state index contributed by atoms with van der Waals surface area (Å²) < 4.78 is 11.0. The van der Waals surface area contributed by atoms with Crippen molar-refractivity contribution < 1.29 is 23.9 Å². The molecule has 0 aromatic heterocycles. The summed E-state index contributed by atoms with van der Waals surface area (Å²) in [6, 6.07) is 21.7. The van der Waals surface area contributed by atoms with Crippen molar-refractivity contribution in [2.24, 2.45) is 0 Å². The molecule has 0 spiro atoms. The number of benzene rings is 3. The van der Waals surface area contributed by atoms with Gasteiger partial charge in [-0.25, -0.2) is 0 Å². The second-order valence-electron chi connectivity index (χ2n) is 7.88. The van der Waals surface area contributed by atoms with Gasteiger partial charge < -0.3 is 9.47 Å². The number of nitrogens with zero attached hydrogens (tertiary/aromatic N) is 1. The van der Waals surface area contributed by atoms with Gasteiger partial charge in [0.05, 0.1) is 11.5 Å². The lowest BCUT2D eigenvalue weighted by molar-refractivity contribution is -0.146. The molecule has 2 amide bonds. The van der Waals surface area contributed by atoms with Crippen molar-refractivity contribution >= 4 is 45.7 Å². The van der Waals surface area contributed by atoms with Gasteiger partial charge in [0, 0.05) is 0 Å². The van der Waals surface area contributed by atoms with E-state index in [0.29, 0.717) is 12.4 Å². The lowest BCUT2D eigenvalue weighted by Gasteiger charge is -2.11. The molecule has 174 valence electrons. The first-order chi connectivity index (χ1) is 16.5. The highest BCUT2D eigenvalue weighted by molar-refractivity contribution is 8.18. The molecular weight excluding hydrogens is 450 g/mol. The number of hydrogen-bond acceptors (Lipinski definition) is 6. The Bertz CT molecular complexity index is 1240. The molecule has 0 atom stereocenters. The minimum Gasteiger partial charge on any atom is -0.489 e. The summed E-state index contributed by atoms with van der Waals surface area (Å²) in [5.74, 6) is -0.364. The fourth-order valence-corrected chi connectivity index (χ4v) is 4.29. The van der Waals surface area contributed by atoms with Crippen molar-refractivity contribution in [1.29, 1.82) is 0 Å². The summed E-state index contributed by atoms with van der Waals surface area (Å²) in [5.41, 5.74) is 1.83. The van der Waals surface area contributed by atoms with Crippen LogP contribution in [-0.2, 0) is 20.9 Å². The molecule has 7 heteroatoms. The topological polar surface area (TPSA) is 72.9 Å². The van der Waals surface area contributed by atoms with E-state index >= 15 is 0 Å². The normalized spacial score (nSPS) is 14.7. The highest BCUT2D eigenvalue weighted by atomic mass is 32.2. The molecule has 0 saturated carbocycles. The second kappa shape index (κ2) is 11.0. The van der Waals surface area contributed by atoms with E-state index in [4.69, 9.17) is 9.47 Å². The van der Waals surface area contributed by atoms with E-state index in [9.17, 15) is 14.4 Å². The maximum atomic E-state index is 12.6. The zero-order chi connectivity index (χ0) is 23.9. The molecule has 1 saturated heterocycles. The summed E-state index contributed by atoms with van der Waals surface area (Å²) in [4.78, 5) is 37.9. The van der Waals surface area contributed by atoms with Gasteiger partial charge in [0.2, 0.25) is 0 Å². The number of thioether (sulfide) groups is 1. The largest absolute Gasteiger partial charge is 0.489 e.